The molecule has 0 bridgehead atoms. The quantitative estimate of drug-likeness (QED) is 0.866. The van der Waals surface area contributed by atoms with E-state index in [0.717, 1.165) is 25.3 Å². The van der Waals surface area contributed by atoms with Crippen molar-refractivity contribution in [2.75, 3.05) is 13.1 Å². The van der Waals surface area contributed by atoms with Crippen LogP contribution in [0.1, 0.15) is 12.8 Å². The molecule has 2 heterocycles. The van der Waals surface area contributed by atoms with E-state index in [4.69, 9.17) is 4.74 Å². The first-order valence-corrected chi connectivity index (χ1v) is 6.41. The topological polar surface area (TPSA) is 34.1 Å². The molecular weight excluding hydrogens is 220 g/mol. The van der Waals surface area contributed by atoms with E-state index in [9.17, 15) is 0 Å². The SMILES string of the molecule is c1cc2cnsc2cc1OC1CCCNC1. The second kappa shape index (κ2) is 4.39. The fourth-order valence-electron chi connectivity index (χ4n) is 2.03. The Hall–Kier alpha value is -1.13. The summed E-state index contributed by atoms with van der Waals surface area (Å²) in [4.78, 5) is 0. The molecule has 16 heavy (non-hydrogen) atoms. The van der Waals surface area contributed by atoms with Gasteiger partial charge in [-0.3, -0.25) is 0 Å². The molecule has 0 spiro atoms. The van der Waals surface area contributed by atoms with Gasteiger partial charge in [0.05, 0.1) is 4.70 Å². The van der Waals surface area contributed by atoms with Crippen LogP contribution in [0.25, 0.3) is 10.1 Å². The molecule has 1 saturated heterocycles. The van der Waals surface area contributed by atoms with Crippen LogP contribution < -0.4 is 10.1 Å². The monoisotopic (exact) mass is 234 g/mol. The maximum absolute atomic E-state index is 5.95. The number of piperidine rings is 1. The maximum atomic E-state index is 5.95. The predicted octanol–water partition coefficient (Wildman–Crippen LogP) is 2.43. The first-order valence-electron chi connectivity index (χ1n) is 5.64. The van der Waals surface area contributed by atoms with Crippen molar-refractivity contribution < 1.29 is 4.74 Å². The zero-order valence-corrected chi connectivity index (χ0v) is 9.80. The second-order valence-electron chi connectivity index (χ2n) is 4.11. The van der Waals surface area contributed by atoms with Gasteiger partial charge >= 0.3 is 0 Å². The third-order valence-electron chi connectivity index (χ3n) is 2.88. The van der Waals surface area contributed by atoms with Gasteiger partial charge in [-0.05, 0) is 49.1 Å². The molecule has 1 unspecified atom stereocenters. The van der Waals surface area contributed by atoms with Crippen LogP contribution in [-0.4, -0.2) is 23.6 Å². The first kappa shape index (κ1) is 10.1. The van der Waals surface area contributed by atoms with Crippen molar-refractivity contribution >= 4 is 21.6 Å². The highest BCUT2D eigenvalue weighted by molar-refractivity contribution is 7.13. The number of hydrogen-bond acceptors (Lipinski definition) is 4. The van der Waals surface area contributed by atoms with E-state index in [2.05, 4.69) is 21.8 Å². The van der Waals surface area contributed by atoms with Gasteiger partial charge in [0.1, 0.15) is 11.9 Å². The molecule has 1 fully saturated rings. The summed E-state index contributed by atoms with van der Waals surface area (Å²) in [5, 5.41) is 4.55. The minimum absolute atomic E-state index is 0.319. The molecule has 0 aliphatic carbocycles. The molecule has 1 N–H and O–H groups in total. The lowest BCUT2D eigenvalue weighted by Gasteiger charge is -2.23. The fraction of sp³-hybridized carbons (Fsp3) is 0.417. The zero-order chi connectivity index (χ0) is 10.8. The van der Waals surface area contributed by atoms with Crippen molar-refractivity contribution in [3.05, 3.63) is 24.4 Å². The third-order valence-corrected chi connectivity index (χ3v) is 3.64. The van der Waals surface area contributed by atoms with Crippen LogP contribution in [-0.2, 0) is 0 Å². The highest BCUT2D eigenvalue weighted by Crippen LogP contribution is 2.24. The highest BCUT2D eigenvalue weighted by atomic mass is 32.1. The number of hydrogen-bond donors (Lipinski definition) is 1. The highest BCUT2D eigenvalue weighted by Gasteiger charge is 2.14. The number of fused-ring (bicyclic) bond motifs is 1. The van der Waals surface area contributed by atoms with Crippen molar-refractivity contribution in [3.8, 4) is 5.75 Å². The zero-order valence-electron chi connectivity index (χ0n) is 8.98. The van der Waals surface area contributed by atoms with E-state index < -0.39 is 0 Å². The summed E-state index contributed by atoms with van der Waals surface area (Å²) in [6, 6.07) is 6.19. The van der Waals surface area contributed by atoms with Gasteiger partial charge < -0.3 is 10.1 Å². The van der Waals surface area contributed by atoms with E-state index in [1.807, 2.05) is 12.3 Å². The van der Waals surface area contributed by atoms with Gasteiger partial charge in [0.2, 0.25) is 0 Å². The van der Waals surface area contributed by atoms with E-state index >= 15 is 0 Å². The Morgan fingerprint density at radius 1 is 1.44 bits per heavy atom. The average molecular weight is 234 g/mol. The Bertz CT molecular complexity index is 477. The lowest BCUT2D eigenvalue weighted by Crippen LogP contribution is -2.37. The maximum Gasteiger partial charge on any atom is 0.121 e. The van der Waals surface area contributed by atoms with Gasteiger partial charge in [0, 0.05) is 18.1 Å². The largest absolute Gasteiger partial charge is 0.489 e. The van der Waals surface area contributed by atoms with E-state index in [-0.39, 0.29) is 0 Å². The molecule has 2 aromatic rings. The minimum atomic E-state index is 0.319. The normalized spacial score (nSPS) is 21.1. The van der Waals surface area contributed by atoms with Crippen LogP contribution in [0.5, 0.6) is 5.75 Å². The van der Waals surface area contributed by atoms with Crippen LogP contribution in [0.2, 0.25) is 0 Å². The fourth-order valence-corrected chi connectivity index (χ4v) is 2.70. The summed E-state index contributed by atoms with van der Waals surface area (Å²) in [6.45, 7) is 2.08. The van der Waals surface area contributed by atoms with Crippen LogP contribution in [0.15, 0.2) is 24.4 Å². The Labute approximate surface area is 98.6 Å². The van der Waals surface area contributed by atoms with Gasteiger partial charge in [0.25, 0.3) is 0 Å². The summed E-state index contributed by atoms with van der Waals surface area (Å²) in [7, 11) is 0. The van der Waals surface area contributed by atoms with Crippen LogP contribution in [0.4, 0.5) is 0 Å². The van der Waals surface area contributed by atoms with Crippen LogP contribution >= 0.6 is 11.5 Å². The molecule has 84 valence electrons. The standard InChI is InChI=1S/C12H14N2OS/c1-2-11(8-13-5-1)15-10-4-3-9-7-14-16-12(9)6-10/h3-4,6-7,11,13H,1-2,5,8H2. The average Bonchev–Trinajstić information content (AvgIpc) is 2.77. The number of aromatic nitrogens is 1. The van der Waals surface area contributed by atoms with Gasteiger partial charge in [-0.2, -0.15) is 4.37 Å². The second-order valence-corrected chi connectivity index (χ2v) is 4.94. The number of nitrogens with one attached hydrogen (secondary N) is 1. The molecule has 4 heteroatoms. The minimum Gasteiger partial charge on any atom is -0.489 e. The van der Waals surface area contributed by atoms with Crippen molar-refractivity contribution in [1.29, 1.82) is 0 Å². The molecule has 0 saturated carbocycles. The molecule has 3 nitrogen and oxygen atoms in total. The molecule has 1 aliphatic heterocycles. The Morgan fingerprint density at radius 2 is 2.44 bits per heavy atom. The summed E-state index contributed by atoms with van der Waals surface area (Å²) < 4.78 is 11.3. The first-order chi connectivity index (χ1) is 7.92. The number of benzene rings is 1. The molecule has 0 radical (unpaired) electrons. The number of nitrogens with zero attached hydrogens (tertiary/aromatic N) is 1. The van der Waals surface area contributed by atoms with Crippen molar-refractivity contribution in [2.24, 2.45) is 0 Å². The summed E-state index contributed by atoms with van der Waals surface area (Å²) in [5.41, 5.74) is 0. The Kier molecular flexibility index (Phi) is 2.76. The summed E-state index contributed by atoms with van der Waals surface area (Å²) in [5.74, 6) is 0.963. The smallest absolute Gasteiger partial charge is 0.121 e. The van der Waals surface area contributed by atoms with Crippen LogP contribution in [0.3, 0.4) is 0 Å². The molecule has 1 atom stereocenters. The lowest BCUT2D eigenvalue weighted by atomic mass is 10.1. The summed E-state index contributed by atoms with van der Waals surface area (Å²) in [6.07, 6.45) is 4.56. The van der Waals surface area contributed by atoms with Gasteiger partial charge in [0.15, 0.2) is 0 Å². The number of rotatable bonds is 2. The molecule has 1 aromatic heterocycles. The van der Waals surface area contributed by atoms with E-state index in [1.165, 1.54) is 28.0 Å². The van der Waals surface area contributed by atoms with E-state index in [0.29, 0.717) is 6.10 Å². The third kappa shape index (κ3) is 2.03. The van der Waals surface area contributed by atoms with Crippen molar-refractivity contribution in [2.45, 2.75) is 18.9 Å². The Balaban J connectivity index is 1.77. The molecule has 3 rings (SSSR count). The molecule has 1 aliphatic rings. The van der Waals surface area contributed by atoms with Gasteiger partial charge in [-0.1, -0.05) is 0 Å². The lowest BCUT2D eigenvalue weighted by molar-refractivity contribution is 0.167. The van der Waals surface area contributed by atoms with Gasteiger partial charge in [-0.15, -0.1) is 0 Å². The van der Waals surface area contributed by atoms with Crippen molar-refractivity contribution in [3.63, 3.8) is 0 Å². The molecule has 0 amide bonds. The van der Waals surface area contributed by atoms with Crippen molar-refractivity contribution in [1.82, 2.24) is 9.69 Å². The summed E-state index contributed by atoms with van der Waals surface area (Å²) >= 11 is 1.52. The van der Waals surface area contributed by atoms with Crippen LogP contribution in [0, 0.1) is 0 Å². The van der Waals surface area contributed by atoms with Gasteiger partial charge in [-0.25, -0.2) is 0 Å². The molecule has 1 aromatic carbocycles. The molecular formula is C12H14N2OS. The van der Waals surface area contributed by atoms with E-state index in [1.54, 1.807) is 0 Å². The Morgan fingerprint density at radius 3 is 3.31 bits per heavy atom. The predicted molar refractivity (Wildman–Crippen MR) is 66.1 cm³/mol. The number of ether oxygens (including phenoxy) is 1.